The second-order valence-electron chi connectivity index (χ2n) is 13.4. The Morgan fingerprint density at radius 1 is 0.907 bits per heavy atom. The lowest BCUT2D eigenvalue weighted by molar-refractivity contribution is -0.155. The molecule has 2 heterocycles. The number of amides is 2. The van der Waals surface area contributed by atoms with Crippen molar-refractivity contribution in [3.05, 3.63) is 141 Å². The van der Waals surface area contributed by atoms with Crippen LogP contribution in [0.4, 0.5) is 0 Å². The first-order chi connectivity index (χ1) is 26.0. The lowest BCUT2D eigenvalue weighted by Gasteiger charge is -2.32. The van der Waals surface area contributed by atoms with Crippen molar-refractivity contribution in [3.8, 4) is 11.5 Å². The Hall–Kier alpha value is -6.02. The van der Waals surface area contributed by atoms with Crippen LogP contribution in [0, 0.1) is 5.92 Å². The van der Waals surface area contributed by atoms with Crippen molar-refractivity contribution in [3.63, 3.8) is 0 Å². The molecule has 6 rings (SSSR count). The van der Waals surface area contributed by atoms with Gasteiger partial charge in [-0.2, -0.15) is 0 Å². The summed E-state index contributed by atoms with van der Waals surface area (Å²) < 4.78 is 6.00. The monoisotopic (exact) mass is 734 g/mol. The average Bonchev–Trinajstić information content (AvgIpc) is 3.19. The number of likely N-dealkylation sites (tertiary alicyclic amines) is 1. The number of benzene rings is 4. The summed E-state index contributed by atoms with van der Waals surface area (Å²) in [6, 6.07) is 27.5. The highest BCUT2D eigenvalue weighted by molar-refractivity contribution is 5.96. The van der Waals surface area contributed by atoms with Gasteiger partial charge in [0, 0.05) is 48.8 Å². The maximum Gasteiger partial charge on any atom is 0.345 e. The van der Waals surface area contributed by atoms with E-state index in [9.17, 15) is 39.6 Å². The van der Waals surface area contributed by atoms with Gasteiger partial charge in [0.1, 0.15) is 11.5 Å². The Morgan fingerprint density at radius 2 is 1.63 bits per heavy atom. The van der Waals surface area contributed by atoms with Crippen molar-refractivity contribution in [1.82, 2.24) is 20.5 Å². The van der Waals surface area contributed by atoms with Gasteiger partial charge in [0.2, 0.25) is 17.1 Å². The Bertz CT molecular complexity index is 2170. The van der Waals surface area contributed by atoms with Crippen LogP contribution in [-0.2, 0) is 21.7 Å². The van der Waals surface area contributed by atoms with Crippen LogP contribution in [0.3, 0.4) is 0 Å². The largest absolute Gasteiger partial charge is 0.506 e. The standard InChI is InChI=1S/C41H42N4O9/c46-34-15-13-32(33-14-16-36(48)44-38(33)34)35(47)23-42-22-26-9-11-28(12-10-26)39(50)43-24-37(49)45-19-17-27(18-20-45)25-54-31-8-4-7-30(21-31)41(53,40(51)52)29-5-2-1-3-6-29/h1-16,21,27,35,42,46-47,53H,17-20,22-25H2,(H,43,50)(H,44,48)(H,51,52). The number of carbonyl (C=O) groups excluding carboxylic acids is 2. The average molecular weight is 735 g/mol. The molecule has 13 heteroatoms. The molecule has 2 atom stereocenters. The molecule has 13 nitrogen and oxygen atoms in total. The van der Waals surface area contributed by atoms with Crippen LogP contribution in [0.25, 0.3) is 10.9 Å². The van der Waals surface area contributed by atoms with E-state index in [0.29, 0.717) is 61.3 Å². The number of carboxylic acid groups (broad SMARTS) is 1. The highest BCUT2D eigenvalue weighted by Crippen LogP contribution is 2.33. The molecule has 2 amide bonds. The zero-order valence-electron chi connectivity index (χ0n) is 29.4. The summed E-state index contributed by atoms with van der Waals surface area (Å²) in [5.74, 6) is -1.42. The lowest BCUT2D eigenvalue weighted by atomic mass is 9.86. The molecule has 0 spiro atoms. The van der Waals surface area contributed by atoms with Crippen LogP contribution in [0.1, 0.15) is 51.6 Å². The zero-order valence-corrected chi connectivity index (χ0v) is 29.4. The Labute approximate surface area is 310 Å². The first kappa shape index (κ1) is 37.7. The molecule has 54 heavy (non-hydrogen) atoms. The number of hydrogen-bond donors (Lipinski definition) is 7. The summed E-state index contributed by atoms with van der Waals surface area (Å²) in [6.45, 7) is 1.87. The molecule has 0 radical (unpaired) electrons. The van der Waals surface area contributed by atoms with E-state index in [0.717, 1.165) is 5.56 Å². The minimum atomic E-state index is -2.23. The van der Waals surface area contributed by atoms with Crippen LogP contribution in [0.5, 0.6) is 11.5 Å². The third kappa shape index (κ3) is 8.60. The van der Waals surface area contributed by atoms with E-state index >= 15 is 0 Å². The number of nitrogens with one attached hydrogen (secondary N) is 3. The number of phenolic OH excluding ortho intramolecular Hbond substituents is 1. The number of aromatic nitrogens is 1. The van der Waals surface area contributed by atoms with E-state index in [1.54, 1.807) is 89.8 Å². The van der Waals surface area contributed by atoms with Crippen molar-refractivity contribution < 1.29 is 39.5 Å². The second kappa shape index (κ2) is 16.8. The van der Waals surface area contributed by atoms with Gasteiger partial charge in [0.05, 0.1) is 24.8 Å². The lowest BCUT2D eigenvalue weighted by Crippen LogP contribution is -2.44. The number of rotatable bonds is 14. The molecule has 5 aromatic rings. The number of carbonyl (C=O) groups is 3. The molecule has 1 saturated heterocycles. The molecule has 4 aromatic carbocycles. The van der Waals surface area contributed by atoms with E-state index in [1.165, 1.54) is 18.2 Å². The number of nitrogens with zero attached hydrogens (tertiary/aromatic N) is 1. The molecule has 1 fully saturated rings. The summed E-state index contributed by atoms with van der Waals surface area (Å²) in [5.41, 5.74) is -0.0527. The van der Waals surface area contributed by atoms with Crippen LogP contribution < -0.4 is 20.9 Å². The zero-order chi connectivity index (χ0) is 38.2. The van der Waals surface area contributed by atoms with Gasteiger partial charge < -0.3 is 45.7 Å². The van der Waals surface area contributed by atoms with E-state index in [4.69, 9.17) is 4.74 Å². The molecule has 0 aliphatic carbocycles. The predicted octanol–water partition coefficient (Wildman–Crippen LogP) is 3.42. The van der Waals surface area contributed by atoms with Gasteiger partial charge in [-0.3, -0.25) is 14.4 Å². The number of hydrogen-bond acceptors (Lipinski definition) is 9. The minimum absolute atomic E-state index is 0.0789. The quantitative estimate of drug-likeness (QED) is 0.0887. The third-order valence-electron chi connectivity index (χ3n) is 9.75. The predicted molar refractivity (Wildman–Crippen MR) is 200 cm³/mol. The molecule has 0 bridgehead atoms. The van der Waals surface area contributed by atoms with Crippen LogP contribution in [0.2, 0.25) is 0 Å². The van der Waals surface area contributed by atoms with Crippen LogP contribution >= 0.6 is 0 Å². The first-order valence-corrected chi connectivity index (χ1v) is 17.7. The maximum atomic E-state index is 12.9. The summed E-state index contributed by atoms with van der Waals surface area (Å²) >= 11 is 0. The molecule has 280 valence electrons. The van der Waals surface area contributed by atoms with Gasteiger partial charge in [0.25, 0.3) is 5.91 Å². The van der Waals surface area contributed by atoms with E-state index in [-0.39, 0.29) is 58.8 Å². The SMILES string of the molecule is O=C(NCC(=O)N1CCC(COc2cccc(C(O)(C(=O)O)c3ccccc3)c2)CC1)c1ccc(CNCC(O)c2ccc(O)c3[nH]c(=O)ccc23)cc1. The smallest absolute Gasteiger partial charge is 0.345 e. The number of aromatic hydroxyl groups is 1. The fourth-order valence-electron chi connectivity index (χ4n) is 6.62. The summed E-state index contributed by atoms with van der Waals surface area (Å²) in [7, 11) is 0. The molecule has 0 saturated carbocycles. The topological polar surface area (TPSA) is 202 Å². The number of aromatic amines is 1. The Morgan fingerprint density at radius 3 is 2.35 bits per heavy atom. The van der Waals surface area contributed by atoms with Crippen molar-refractivity contribution in [2.45, 2.75) is 31.1 Å². The van der Waals surface area contributed by atoms with Crippen LogP contribution in [-0.4, -0.2) is 80.9 Å². The highest BCUT2D eigenvalue weighted by atomic mass is 16.5. The molecule has 1 aliphatic heterocycles. The summed E-state index contributed by atoms with van der Waals surface area (Å²) in [6.07, 6.45) is 0.489. The molecular weight excluding hydrogens is 692 g/mol. The van der Waals surface area contributed by atoms with Gasteiger partial charge in [-0.25, -0.2) is 4.79 Å². The fourth-order valence-corrected chi connectivity index (χ4v) is 6.62. The number of phenols is 1. The molecule has 7 N–H and O–H groups in total. The number of fused-ring (bicyclic) bond motifs is 1. The number of aliphatic hydroxyl groups is 2. The van der Waals surface area contributed by atoms with Crippen molar-refractivity contribution in [2.24, 2.45) is 5.92 Å². The van der Waals surface area contributed by atoms with E-state index in [2.05, 4.69) is 15.6 Å². The summed E-state index contributed by atoms with van der Waals surface area (Å²) in [4.78, 5) is 53.8. The van der Waals surface area contributed by atoms with Gasteiger partial charge >= 0.3 is 5.97 Å². The number of piperidine rings is 1. The molecule has 1 aliphatic rings. The van der Waals surface area contributed by atoms with Crippen molar-refractivity contribution >= 4 is 28.7 Å². The van der Waals surface area contributed by atoms with Crippen molar-refractivity contribution in [2.75, 3.05) is 32.8 Å². The fraction of sp³-hybridized carbons (Fsp3) is 0.268. The number of pyridine rings is 1. The van der Waals surface area contributed by atoms with Crippen LogP contribution in [0.15, 0.2) is 108 Å². The van der Waals surface area contributed by atoms with E-state index in [1.807, 2.05) is 0 Å². The van der Waals surface area contributed by atoms with E-state index < -0.39 is 17.7 Å². The molecule has 1 aromatic heterocycles. The number of carboxylic acids is 1. The Balaban J connectivity index is 0.918. The van der Waals surface area contributed by atoms with Crippen molar-refractivity contribution in [1.29, 1.82) is 0 Å². The number of ether oxygens (including phenoxy) is 1. The van der Waals surface area contributed by atoms with Gasteiger partial charge in [-0.1, -0.05) is 60.7 Å². The molecule has 2 unspecified atom stereocenters. The van der Waals surface area contributed by atoms with Gasteiger partial charge in [0.15, 0.2) is 0 Å². The maximum absolute atomic E-state index is 12.9. The number of aliphatic carboxylic acids is 1. The van der Waals surface area contributed by atoms with Gasteiger partial charge in [-0.05, 0) is 71.8 Å². The Kier molecular flexibility index (Phi) is 11.7. The molecular formula is C41H42N4O9. The number of aliphatic hydroxyl groups excluding tert-OH is 1. The second-order valence-corrected chi connectivity index (χ2v) is 13.4. The first-order valence-electron chi connectivity index (χ1n) is 17.7. The minimum Gasteiger partial charge on any atom is -0.506 e. The normalized spacial score (nSPS) is 15.0. The number of H-pyrrole nitrogens is 1. The third-order valence-corrected chi connectivity index (χ3v) is 9.75. The summed E-state index contributed by atoms with van der Waals surface area (Å²) in [5, 5.41) is 48.4. The highest BCUT2D eigenvalue weighted by Gasteiger charge is 2.40. The van der Waals surface area contributed by atoms with Gasteiger partial charge in [-0.15, -0.1) is 0 Å².